The van der Waals surface area contributed by atoms with Crippen LogP contribution in [-0.2, 0) is 22.4 Å². The molecule has 0 aliphatic heterocycles. The molecular weight excluding hydrogens is 478 g/mol. The van der Waals surface area contributed by atoms with E-state index in [0.717, 1.165) is 34.0 Å². The molecule has 2 aromatic carbocycles. The number of esters is 1. The summed E-state index contributed by atoms with van der Waals surface area (Å²) < 4.78 is 11.7. The van der Waals surface area contributed by atoms with Gasteiger partial charge in [-0.1, -0.05) is 54.0 Å². The van der Waals surface area contributed by atoms with Gasteiger partial charge in [0, 0.05) is 15.4 Å². The van der Waals surface area contributed by atoms with Gasteiger partial charge in [-0.05, 0) is 47.7 Å². The van der Waals surface area contributed by atoms with E-state index in [1.54, 1.807) is 0 Å². The first kappa shape index (κ1) is 23.0. The predicted octanol–water partition coefficient (Wildman–Crippen LogP) is 6.11. The average Bonchev–Trinajstić information content (AvgIpc) is 3.20. The molecule has 0 saturated carbocycles. The molecule has 5 nitrogen and oxygen atoms in total. The summed E-state index contributed by atoms with van der Waals surface area (Å²) in [6, 6.07) is 13.7. The number of thiophene rings is 1. The van der Waals surface area contributed by atoms with Crippen LogP contribution in [0.3, 0.4) is 0 Å². The van der Waals surface area contributed by atoms with Gasteiger partial charge in [0.25, 0.3) is 5.91 Å². The number of hydrogen-bond acceptors (Lipinski definition) is 5. The minimum Gasteiger partial charge on any atom is -0.483 e. The van der Waals surface area contributed by atoms with Gasteiger partial charge in [0.15, 0.2) is 6.61 Å². The van der Waals surface area contributed by atoms with Crippen molar-refractivity contribution < 1.29 is 19.1 Å². The van der Waals surface area contributed by atoms with E-state index >= 15 is 0 Å². The predicted molar refractivity (Wildman–Crippen MR) is 128 cm³/mol. The Morgan fingerprint density at radius 3 is 2.45 bits per heavy atom. The van der Waals surface area contributed by atoms with Gasteiger partial charge in [-0.15, -0.1) is 11.3 Å². The summed E-state index contributed by atoms with van der Waals surface area (Å²) in [4.78, 5) is 25.0. The summed E-state index contributed by atoms with van der Waals surface area (Å²) in [5.41, 5.74) is 4.20. The third-order valence-electron chi connectivity index (χ3n) is 4.87. The Hall–Kier alpha value is -2.64. The molecule has 3 aromatic rings. The molecule has 31 heavy (non-hydrogen) atoms. The number of hydrogen-bond donors (Lipinski definition) is 1. The van der Waals surface area contributed by atoms with E-state index in [4.69, 9.17) is 9.47 Å². The van der Waals surface area contributed by atoms with Crippen LogP contribution in [0.5, 0.6) is 5.75 Å². The molecule has 162 valence electrons. The van der Waals surface area contributed by atoms with Crippen molar-refractivity contribution in [2.45, 2.75) is 26.7 Å². The van der Waals surface area contributed by atoms with E-state index in [2.05, 4.69) is 28.2 Å². The molecule has 0 radical (unpaired) electrons. The van der Waals surface area contributed by atoms with Crippen molar-refractivity contribution in [2.75, 3.05) is 19.0 Å². The van der Waals surface area contributed by atoms with Gasteiger partial charge in [0.1, 0.15) is 16.3 Å². The molecule has 1 amide bonds. The molecule has 1 aromatic heterocycles. The minimum atomic E-state index is -0.492. The maximum Gasteiger partial charge on any atom is 0.341 e. The van der Waals surface area contributed by atoms with Crippen LogP contribution in [0.15, 0.2) is 52.3 Å². The number of ether oxygens (including phenoxy) is 2. The molecule has 0 atom stereocenters. The SMILES string of the molecule is CCc1ccc(-c2csc(NC(=O)COc3ccc(Br)cc3CC)c2C(=O)OC)cc1. The number of benzene rings is 2. The number of carbonyl (C=O) groups excluding carboxylic acids is 2. The van der Waals surface area contributed by atoms with Crippen LogP contribution in [-0.4, -0.2) is 25.6 Å². The summed E-state index contributed by atoms with van der Waals surface area (Å²) in [7, 11) is 1.33. The van der Waals surface area contributed by atoms with Crippen molar-refractivity contribution in [1.29, 1.82) is 0 Å². The van der Waals surface area contributed by atoms with Crippen LogP contribution in [0.1, 0.15) is 35.3 Å². The first-order valence-corrected chi connectivity index (χ1v) is 11.6. The van der Waals surface area contributed by atoms with Gasteiger partial charge in [-0.25, -0.2) is 4.79 Å². The Morgan fingerprint density at radius 2 is 1.81 bits per heavy atom. The second-order valence-corrected chi connectivity index (χ2v) is 8.63. The van der Waals surface area contributed by atoms with Crippen molar-refractivity contribution in [2.24, 2.45) is 0 Å². The number of nitrogens with one attached hydrogen (secondary N) is 1. The fourth-order valence-corrected chi connectivity index (χ4v) is 4.54. The van der Waals surface area contributed by atoms with Gasteiger partial charge in [-0.2, -0.15) is 0 Å². The Balaban J connectivity index is 1.78. The number of halogens is 1. The van der Waals surface area contributed by atoms with Crippen molar-refractivity contribution in [3.63, 3.8) is 0 Å². The maximum absolute atomic E-state index is 12.6. The third kappa shape index (κ3) is 5.54. The van der Waals surface area contributed by atoms with Crippen molar-refractivity contribution in [3.8, 4) is 16.9 Å². The minimum absolute atomic E-state index is 0.159. The first-order valence-electron chi connectivity index (χ1n) is 9.97. The Kier molecular flexibility index (Phi) is 7.87. The first-order chi connectivity index (χ1) is 15.0. The quantitative estimate of drug-likeness (QED) is 0.378. The van der Waals surface area contributed by atoms with Gasteiger partial charge in [0.2, 0.25) is 0 Å². The summed E-state index contributed by atoms with van der Waals surface area (Å²) in [6.07, 6.45) is 1.72. The lowest BCUT2D eigenvalue weighted by molar-refractivity contribution is -0.118. The summed E-state index contributed by atoms with van der Waals surface area (Å²) >= 11 is 4.73. The molecule has 0 fully saturated rings. The zero-order valence-corrected chi connectivity index (χ0v) is 20.1. The van der Waals surface area contributed by atoms with Crippen LogP contribution in [0.2, 0.25) is 0 Å². The average molecular weight is 502 g/mol. The van der Waals surface area contributed by atoms with Gasteiger partial charge < -0.3 is 14.8 Å². The fraction of sp³-hybridized carbons (Fsp3) is 0.250. The number of carbonyl (C=O) groups is 2. The molecule has 0 spiro atoms. The number of rotatable bonds is 8. The lowest BCUT2D eigenvalue weighted by Crippen LogP contribution is -2.21. The second-order valence-electron chi connectivity index (χ2n) is 6.84. The zero-order chi connectivity index (χ0) is 22.4. The molecule has 0 aliphatic rings. The molecule has 0 aliphatic carbocycles. The highest BCUT2D eigenvalue weighted by Gasteiger charge is 2.22. The maximum atomic E-state index is 12.6. The molecule has 1 heterocycles. The van der Waals surface area contributed by atoms with E-state index < -0.39 is 5.97 Å². The van der Waals surface area contributed by atoms with Crippen molar-refractivity contribution in [1.82, 2.24) is 0 Å². The molecule has 1 N–H and O–H groups in total. The molecule has 0 saturated heterocycles. The van der Waals surface area contributed by atoms with Crippen LogP contribution in [0, 0.1) is 0 Å². The standard InChI is InChI=1S/C24H24BrNO4S/c1-4-15-6-8-17(9-7-15)19-14-31-23(22(19)24(28)29-3)26-21(27)13-30-20-11-10-18(25)12-16(20)5-2/h6-12,14H,4-5,13H2,1-3H3,(H,26,27). The fourth-order valence-electron chi connectivity index (χ4n) is 3.16. The summed E-state index contributed by atoms with van der Waals surface area (Å²) in [5.74, 6) is -0.171. The van der Waals surface area contributed by atoms with Gasteiger partial charge in [-0.3, -0.25) is 4.79 Å². The lowest BCUT2D eigenvalue weighted by atomic mass is 10.0. The van der Waals surface area contributed by atoms with E-state index in [1.165, 1.54) is 24.0 Å². The van der Waals surface area contributed by atoms with Crippen LogP contribution in [0.4, 0.5) is 5.00 Å². The van der Waals surface area contributed by atoms with Crippen LogP contribution >= 0.6 is 27.3 Å². The van der Waals surface area contributed by atoms with Crippen LogP contribution < -0.4 is 10.1 Å². The normalized spacial score (nSPS) is 10.6. The number of anilines is 1. The monoisotopic (exact) mass is 501 g/mol. The van der Waals surface area contributed by atoms with Gasteiger partial charge in [0.05, 0.1) is 7.11 Å². The topological polar surface area (TPSA) is 64.6 Å². The van der Waals surface area contributed by atoms with Crippen LogP contribution in [0.25, 0.3) is 11.1 Å². The summed E-state index contributed by atoms with van der Waals surface area (Å²) in [6.45, 7) is 3.96. The molecule has 3 rings (SSSR count). The molecule has 0 unspecified atom stereocenters. The van der Waals surface area contributed by atoms with E-state index in [1.807, 2.05) is 54.8 Å². The lowest BCUT2D eigenvalue weighted by Gasteiger charge is -2.11. The van der Waals surface area contributed by atoms with Crippen molar-refractivity contribution >= 4 is 44.1 Å². The highest BCUT2D eigenvalue weighted by Crippen LogP contribution is 2.36. The van der Waals surface area contributed by atoms with Crippen molar-refractivity contribution in [3.05, 3.63) is 69.0 Å². The Morgan fingerprint density at radius 1 is 1.06 bits per heavy atom. The molecule has 0 bridgehead atoms. The highest BCUT2D eigenvalue weighted by molar-refractivity contribution is 9.10. The Bertz CT molecular complexity index is 1080. The number of methoxy groups -OCH3 is 1. The van der Waals surface area contributed by atoms with E-state index in [9.17, 15) is 9.59 Å². The zero-order valence-electron chi connectivity index (χ0n) is 17.7. The smallest absolute Gasteiger partial charge is 0.341 e. The number of amides is 1. The largest absolute Gasteiger partial charge is 0.483 e. The molecular formula is C24H24BrNO4S. The third-order valence-corrected chi connectivity index (χ3v) is 6.26. The van der Waals surface area contributed by atoms with E-state index in [-0.39, 0.29) is 12.5 Å². The van der Waals surface area contributed by atoms with Gasteiger partial charge >= 0.3 is 5.97 Å². The number of aryl methyl sites for hydroxylation is 2. The highest BCUT2D eigenvalue weighted by atomic mass is 79.9. The Labute approximate surface area is 194 Å². The molecule has 7 heteroatoms. The second kappa shape index (κ2) is 10.6. The summed E-state index contributed by atoms with van der Waals surface area (Å²) in [5, 5.41) is 5.10. The van der Waals surface area contributed by atoms with E-state index in [0.29, 0.717) is 16.3 Å².